The van der Waals surface area contributed by atoms with Crippen molar-refractivity contribution in [3.63, 3.8) is 0 Å². The molecule has 1 N–H and O–H groups in total. The summed E-state index contributed by atoms with van der Waals surface area (Å²) in [5.74, 6) is 1.61. The SMILES string of the molecule is CCC(=O)N(CC1CCNCC1)c1ccc2cc(OCc3ccccc3)ccc2c1. The Hall–Kier alpha value is -2.85. The van der Waals surface area contributed by atoms with Gasteiger partial charge >= 0.3 is 0 Å². The number of piperidine rings is 1. The molecule has 30 heavy (non-hydrogen) atoms. The van der Waals surface area contributed by atoms with Crippen molar-refractivity contribution in [3.05, 3.63) is 72.3 Å². The number of hydrogen-bond acceptors (Lipinski definition) is 3. The van der Waals surface area contributed by atoms with Gasteiger partial charge in [0.25, 0.3) is 0 Å². The number of benzene rings is 3. The van der Waals surface area contributed by atoms with Crippen LogP contribution in [0.25, 0.3) is 10.8 Å². The fraction of sp³-hybridized carbons (Fsp3) is 0.346. The van der Waals surface area contributed by atoms with E-state index in [-0.39, 0.29) is 5.91 Å². The molecule has 1 amide bonds. The summed E-state index contributed by atoms with van der Waals surface area (Å²) >= 11 is 0. The van der Waals surface area contributed by atoms with Crippen LogP contribution in [0.5, 0.6) is 5.75 Å². The molecule has 1 fully saturated rings. The number of rotatable bonds is 7. The molecule has 1 saturated heterocycles. The molecule has 4 nitrogen and oxygen atoms in total. The highest BCUT2D eigenvalue weighted by Crippen LogP contribution is 2.28. The zero-order valence-corrected chi connectivity index (χ0v) is 17.6. The molecule has 1 heterocycles. The van der Waals surface area contributed by atoms with Crippen LogP contribution in [0.15, 0.2) is 66.7 Å². The summed E-state index contributed by atoms with van der Waals surface area (Å²) in [6, 6.07) is 22.6. The van der Waals surface area contributed by atoms with E-state index in [2.05, 4.69) is 47.8 Å². The molecule has 0 spiro atoms. The number of hydrogen-bond donors (Lipinski definition) is 1. The third kappa shape index (κ3) is 5.00. The van der Waals surface area contributed by atoms with Crippen molar-refractivity contribution in [1.29, 1.82) is 0 Å². The molecule has 4 heteroatoms. The van der Waals surface area contributed by atoms with Crippen molar-refractivity contribution in [2.75, 3.05) is 24.5 Å². The second-order valence-corrected chi connectivity index (χ2v) is 8.02. The van der Waals surface area contributed by atoms with Crippen molar-refractivity contribution in [2.45, 2.75) is 32.8 Å². The molecule has 0 radical (unpaired) electrons. The number of carbonyl (C=O) groups is 1. The Balaban J connectivity index is 1.51. The van der Waals surface area contributed by atoms with Gasteiger partial charge in [-0.25, -0.2) is 0 Å². The molecule has 0 atom stereocenters. The van der Waals surface area contributed by atoms with Crippen molar-refractivity contribution < 1.29 is 9.53 Å². The summed E-state index contributed by atoms with van der Waals surface area (Å²) in [7, 11) is 0. The molecule has 0 unspecified atom stereocenters. The predicted molar refractivity (Wildman–Crippen MR) is 123 cm³/mol. The molecule has 0 bridgehead atoms. The van der Waals surface area contributed by atoms with Crippen LogP contribution in [0.1, 0.15) is 31.7 Å². The Kier molecular flexibility index (Phi) is 6.65. The van der Waals surface area contributed by atoms with E-state index in [0.717, 1.165) is 60.2 Å². The molecule has 3 aromatic rings. The van der Waals surface area contributed by atoms with Crippen molar-refractivity contribution >= 4 is 22.4 Å². The number of anilines is 1. The van der Waals surface area contributed by atoms with Gasteiger partial charge in [-0.05, 0) is 72.5 Å². The number of carbonyl (C=O) groups excluding carboxylic acids is 1. The van der Waals surface area contributed by atoms with Gasteiger partial charge in [0, 0.05) is 18.7 Å². The lowest BCUT2D eigenvalue weighted by molar-refractivity contribution is -0.118. The van der Waals surface area contributed by atoms with Crippen LogP contribution in [-0.2, 0) is 11.4 Å². The van der Waals surface area contributed by atoms with Gasteiger partial charge in [0.2, 0.25) is 5.91 Å². The second-order valence-electron chi connectivity index (χ2n) is 8.02. The maximum absolute atomic E-state index is 12.7. The number of ether oxygens (including phenoxy) is 1. The fourth-order valence-electron chi connectivity index (χ4n) is 4.07. The first kappa shape index (κ1) is 20.4. The average molecular weight is 403 g/mol. The number of amides is 1. The smallest absolute Gasteiger partial charge is 0.226 e. The van der Waals surface area contributed by atoms with Gasteiger partial charge in [-0.2, -0.15) is 0 Å². The van der Waals surface area contributed by atoms with Gasteiger partial charge in [-0.1, -0.05) is 49.4 Å². The number of nitrogens with one attached hydrogen (secondary N) is 1. The first-order valence-corrected chi connectivity index (χ1v) is 10.9. The van der Waals surface area contributed by atoms with Crippen LogP contribution >= 0.6 is 0 Å². The molecule has 0 aromatic heterocycles. The standard InChI is InChI=1S/C26H30N2O2/c1-2-26(29)28(18-20-12-14-27-15-13-20)24-10-8-23-17-25(11-9-22(23)16-24)30-19-21-6-4-3-5-7-21/h3-11,16-17,20,27H,2,12-15,18-19H2,1H3. The summed E-state index contributed by atoms with van der Waals surface area (Å²) in [6.45, 7) is 5.39. The van der Waals surface area contributed by atoms with Gasteiger partial charge in [-0.15, -0.1) is 0 Å². The summed E-state index contributed by atoms with van der Waals surface area (Å²) in [4.78, 5) is 14.7. The molecule has 156 valence electrons. The predicted octanol–water partition coefficient (Wildman–Crippen LogP) is 5.16. The lowest BCUT2D eigenvalue weighted by atomic mass is 9.97. The van der Waals surface area contributed by atoms with Crippen molar-refractivity contribution in [3.8, 4) is 5.75 Å². The van der Waals surface area contributed by atoms with E-state index in [1.165, 1.54) is 0 Å². The second kappa shape index (κ2) is 9.77. The van der Waals surface area contributed by atoms with Crippen LogP contribution in [-0.4, -0.2) is 25.5 Å². The highest BCUT2D eigenvalue weighted by Gasteiger charge is 2.21. The minimum Gasteiger partial charge on any atom is -0.489 e. The fourth-order valence-corrected chi connectivity index (χ4v) is 4.07. The first-order valence-electron chi connectivity index (χ1n) is 10.9. The van der Waals surface area contributed by atoms with Crippen LogP contribution in [0.3, 0.4) is 0 Å². The molecular weight excluding hydrogens is 372 g/mol. The highest BCUT2D eigenvalue weighted by atomic mass is 16.5. The van der Waals surface area contributed by atoms with E-state index in [1.54, 1.807) is 0 Å². The molecule has 3 aromatic carbocycles. The van der Waals surface area contributed by atoms with Crippen LogP contribution < -0.4 is 15.0 Å². The third-order valence-electron chi connectivity index (χ3n) is 5.86. The molecular formula is C26H30N2O2. The number of fused-ring (bicyclic) bond motifs is 1. The maximum Gasteiger partial charge on any atom is 0.226 e. The summed E-state index contributed by atoms with van der Waals surface area (Å²) in [5, 5.41) is 5.65. The maximum atomic E-state index is 12.7. The van der Waals surface area contributed by atoms with Crippen LogP contribution in [0.2, 0.25) is 0 Å². The van der Waals surface area contributed by atoms with Crippen molar-refractivity contribution in [2.24, 2.45) is 5.92 Å². The topological polar surface area (TPSA) is 41.6 Å². The van der Waals surface area contributed by atoms with Gasteiger partial charge in [0.1, 0.15) is 12.4 Å². The zero-order chi connectivity index (χ0) is 20.8. The first-order chi connectivity index (χ1) is 14.7. The largest absolute Gasteiger partial charge is 0.489 e. The average Bonchev–Trinajstić information content (AvgIpc) is 2.81. The van der Waals surface area contributed by atoms with Crippen molar-refractivity contribution in [1.82, 2.24) is 5.32 Å². The summed E-state index contributed by atoms with van der Waals surface area (Å²) in [6.07, 6.45) is 2.78. The van der Waals surface area contributed by atoms with Gasteiger partial charge in [0.15, 0.2) is 0 Å². The van der Waals surface area contributed by atoms with Crippen LogP contribution in [0.4, 0.5) is 5.69 Å². The Morgan fingerprint density at radius 1 is 1.00 bits per heavy atom. The summed E-state index contributed by atoms with van der Waals surface area (Å²) in [5.41, 5.74) is 2.14. The van der Waals surface area contributed by atoms with E-state index in [1.807, 2.05) is 36.1 Å². The van der Waals surface area contributed by atoms with Gasteiger partial charge in [0.05, 0.1) is 0 Å². The molecule has 1 aliphatic rings. The lowest BCUT2D eigenvalue weighted by Gasteiger charge is -2.30. The lowest BCUT2D eigenvalue weighted by Crippen LogP contribution is -2.39. The Labute approximate surface area is 178 Å². The van der Waals surface area contributed by atoms with E-state index < -0.39 is 0 Å². The minimum atomic E-state index is 0.190. The normalized spacial score (nSPS) is 14.6. The highest BCUT2D eigenvalue weighted by molar-refractivity contribution is 5.96. The molecule has 0 saturated carbocycles. The van der Waals surface area contributed by atoms with Gasteiger partial charge in [-0.3, -0.25) is 4.79 Å². The molecule has 0 aliphatic carbocycles. The monoisotopic (exact) mass is 402 g/mol. The Morgan fingerprint density at radius 3 is 2.50 bits per heavy atom. The quantitative estimate of drug-likeness (QED) is 0.593. The van der Waals surface area contributed by atoms with E-state index in [9.17, 15) is 4.79 Å². The molecule has 1 aliphatic heterocycles. The van der Waals surface area contributed by atoms with Gasteiger partial charge < -0.3 is 15.0 Å². The summed E-state index contributed by atoms with van der Waals surface area (Å²) < 4.78 is 5.96. The zero-order valence-electron chi connectivity index (χ0n) is 17.6. The van der Waals surface area contributed by atoms with E-state index >= 15 is 0 Å². The minimum absolute atomic E-state index is 0.190. The number of nitrogens with zero attached hydrogens (tertiary/aromatic N) is 1. The Morgan fingerprint density at radius 2 is 1.73 bits per heavy atom. The third-order valence-corrected chi connectivity index (χ3v) is 5.86. The van der Waals surface area contributed by atoms with E-state index in [0.29, 0.717) is 18.9 Å². The Bertz CT molecular complexity index is 981. The molecule has 4 rings (SSSR count). The van der Waals surface area contributed by atoms with E-state index in [4.69, 9.17) is 4.74 Å². The van der Waals surface area contributed by atoms with Crippen LogP contribution in [0, 0.1) is 5.92 Å².